The molecule has 0 aliphatic carbocycles. The number of nitrogens with one attached hydrogen (secondary N) is 2. The van der Waals surface area contributed by atoms with Crippen LogP contribution in [0.4, 0.5) is 0 Å². The summed E-state index contributed by atoms with van der Waals surface area (Å²) in [6.45, 7) is 3.87. The number of hydrogen-bond donors (Lipinski definition) is 3. The second-order valence-electron chi connectivity index (χ2n) is 4.52. The molecule has 1 rings (SSSR count). The topological polar surface area (TPSA) is 70.6 Å². The Morgan fingerprint density at radius 1 is 1.56 bits per heavy atom. The number of ether oxygens (including phenoxy) is 1. The first-order chi connectivity index (χ1) is 7.64. The highest BCUT2D eigenvalue weighted by atomic mass is 16.5. The average molecular weight is 230 g/mol. The van der Waals surface area contributed by atoms with Crippen molar-refractivity contribution in [1.82, 2.24) is 10.6 Å². The van der Waals surface area contributed by atoms with Crippen LogP contribution in [0.5, 0.6) is 0 Å². The summed E-state index contributed by atoms with van der Waals surface area (Å²) in [5, 5.41) is 15.0. The Kier molecular flexibility index (Phi) is 5.18. The SMILES string of the molecule is COCC1(C(=O)N[C@@H](C)CO)CCNCC1. The zero-order valence-corrected chi connectivity index (χ0v) is 10.1. The maximum absolute atomic E-state index is 12.1. The van der Waals surface area contributed by atoms with Gasteiger partial charge in [0.2, 0.25) is 5.91 Å². The highest BCUT2D eigenvalue weighted by Gasteiger charge is 2.39. The predicted molar refractivity (Wildman–Crippen MR) is 61.1 cm³/mol. The van der Waals surface area contributed by atoms with Crippen molar-refractivity contribution in [3.8, 4) is 0 Å². The lowest BCUT2D eigenvalue weighted by molar-refractivity contribution is -0.137. The van der Waals surface area contributed by atoms with Gasteiger partial charge in [-0.2, -0.15) is 0 Å². The van der Waals surface area contributed by atoms with Crippen LogP contribution in [-0.2, 0) is 9.53 Å². The first-order valence-electron chi connectivity index (χ1n) is 5.76. The van der Waals surface area contributed by atoms with Crippen molar-refractivity contribution in [3.63, 3.8) is 0 Å². The molecule has 0 spiro atoms. The van der Waals surface area contributed by atoms with E-state index in [4.69, 9.17) is 9.84 Å². The van der Waals surface area contributed by atoms with E-state index in [1.54, 1.807) is 14.0 Å². The third-order valence-electron chi connectivity index (χ3n) is 3.11. The number of rotatable bonds is 5. The van der Waals surface area contributed by atoms with Gasteiger partial charge in [0.1, 0.15) is 0 Å². The van der Waals surface area contributed by atoms with Gasteiger partial charge in [0.05, 0.1) is 18.6 Å². The van der Waals surface area contributed by atoms with E-state index in [9.17, 15) is 4.79 Å². The summed E-state index contributed by atoms with van der Waals surface area (Å²) in [7, 11) is 1.62. The zero-order chi connectivity index (χ0) is 12.0. The Balaban J connectivity index is 2.64. The van der Waals surface area contributed by atoms with E-state index in [-0.39, 0.29) is 18.6 Å². The quantitative estimate of drug-likeness (QED) is 0.595. The standard InChI is InChI=1S/C11H22N2O3/c1-9(7-14)13-10(15)11(8-16-2)3-5-12-6-4-11/h9,12,14H,3-8H2,1-2H3,(H,13,15)/t9-/m0/s1. The predicted octanol–water partition coefficient (Wildman–Crippen LogP) is -0.500. The molecular weight excluding hydrogens is 208 g/mol. The van der Waals surface area contributed by atoms with E-state index in [2.05, 4.69) is 10.6 Å². The number of piperidine rings is 1. The van der Waals surface area contributed by atoms with E-state index < -0.39 is 5.41 Å². The molecule has 1 saturated heterocycles. The number of amides is 1. The highest BCUT2D eigenvalue weighted by Crippen LogP contribution is 2.29. The molecule has 0 radical (unpaired) electrons. The maximum atomic E-state index is 12.1. The maximum Gasteiger partial charge on any atom is 0.228 e. The van der Waals surface area contributed by atoms with E-state index in [1.165, 1.54) is 0 Å². The van der Waals surface area contributed by atoms with Crippen LogP contribution in [0, 0.1) is 5.41 Å². The fourth-order valence-corrected chi connectivity index (χ4v) is 2.04. The third kappa shape index (κ3) is 3.17. The summed E-state index contributed by atoms with van der Waals surface area (Å²) in [6, 6.07) is -0.198. The molecule has 0 aromatic carbocycles. The number of carbonyl (C=O) groups is 1. The number of aliphatic hydroxyl groups is 1. The molecule has 0 unspecified atom stereocenters. The van der Waals surface area contributed by atoms with Crippen molar-refractivity contribution in [2.24, 2.45) is 5.41 Å². The van der Waals surface area contributed by atoms with Crippen molar-refractivity contribution in [2.75, 3.05) is 33.4 Å². The van der Waals surface area contributed by atoms with Gasteiger partial charge in [-0.15, -0.1) is 0 Å². The Bertz CT molecular complexity index is 222. The van der Waals surface area contributed by atoms with Gasteiger partial charge < -0.3 is 20.5 Å². The molecule has 0 bridgehead atoms. The molecular formula is C11H22N2O3. The second-order valence-corrected chi connectivity index (χ2v) is 4.52. The summed E-state index contributed by atoms with van der Waals surface area (Å²) < 4.78 is 5.17. The van der Waals surface area contributed by atoms with Gasteiger partial charge in [0.15, 0.2) is 0 Å². The Morgan fingerprint density at radius 3 is 2.69 bits per heavy atom. The lowest BCUT2D eigenvalue weighted by Crippen LogP contribution is -2.52. The van der Waals surface area contributed by atoms with Crippen LogP contribution in [-0.4, -0.2) is 50.5 Å². The molecule has 1 atom stereocenters. The molecule has 0 aromatic heterocycles. The lowest BCUT2D eigenvalue weighted by Gasteiger charge is -2.36. The molecule has 1 aliphatic heterocycles. The van der Waals surface area contributed by atoms with Gasteiger partial charge in [-0.25, -0.2) is 0 Å². The molecule has 1 amide bonds. The molecule has 1 fully saturated rings. The number of hydrogen-bond acceptors (Lipinski definition) is 4. The normalized spacial score (nSPS) is 21.4. The Labute approximate surface area is 96.6 Å². The van der Waals surface area contributed by atoms with Crippen LogP contribution in [0.3, 0.4) is 0 Å². The number of carbonyl (C=O) groups excluding carboxylic acids is 1. The van der Waals surface area contributed by atoms with Crippen molar-refractivity contribution in [3.05, 3.63) is 0 Å². The van der Waals surface area contributed by atoms with Crippen LogP contribution >= 0.6 is 0 Å². The van der Waals surface area contributed by atoms with Crippen molar-refractivity contribution in [1.29, 1.82) is 0 Å². The number of methoxy groups -OCH3 is 1. The van der Waals surface area contributed by atoms with Crippen molar-refractivity contribution in [2.45, 2.75) is 25.8 Å². The second kappa shape index (κ2) is 6.18. The minimum Gasteiger partial charge on any atom is -0.394 e. The molecule has 3 N–H and O–H groups in total. The van der Waals surface area contributed by atoms with Gasteiger partial charge in [-0.1, -0.05) is 0 Å². The smallest absolute Gasteiger partial charge is 0.228 e. The molecule has 16 heavy (non-hydrogen) atoms. The monoisotopic (exact) mass is 230 g/mol. The average Bonchev–Trinajstić information content (AvgIpc) is 2.30. The highest BCUT2D eigenvalue weighted by molar-refractivity contribution is 5.83. The molecule has 1 heterocycles. The van der Waals surface area contributed by atoms with E-state index >= 15 is 0 Å². The molecule has 5 heteroatoms. The van der Waals surface area contributed by atoms with E-state index in [0.717, 1.165) is 25.9 Å². The van der Waals surface area contributed by atoms with Crippen LogP contribution in [0.2, 0.25) is 0 Å². The summed E-state index contributed by atoms with van der Waals surface area (Å²) in [6.07, 6.45) is 1.57. The van der Waals surface area contributed by atoms with Gasteiger partial charge in [0.25, 0.3) is 0 Å². The summed E-state index contributed by atoms with van der Waals surface area (Å²) >= 11 is 0. The third-order valence-corrected chi connectivity index (χ3v) is 3.11. The van der Waals surface area contributed by atoms with Gasteiger partial charge >= 0.3 is 0 Å². The van der Waals surface area contributed by atoms with Crippen molar-refractivity contribution >= 4 is 5.91 Å². The van der Waals surface area contributed by atoms with Gasteiger partial charge in [0, 0.05) is 13.2 Å². The Hall–Kier alpha value is -0.650. The summed E-state index contributed by atoms with van der Waals surface area (Å²) in [5.41, 5.74) is -0.427. The minimum absolute atomic E-state index is 0.00241. The largest absolute Gasteiger partial charge is 0.394 e. The number of aliphatic hydroxyl groups excluding tert-OH is 1. The molecule has 0 aromatic rings. The van der Waals surface area contributed by atoms with Gasteiger partial charge in [-0.3, -0.25) is 4.79 Å². The first kappa shape index (κ1) is 13.4. The fraction of sp³-hybridized carbons (Fsp3) is 0.909. The van der Waals surface area contributed by atoms with Crippen molar-refractivity contribution < 1.29 is 14.6 Å². The van der Waals surface area contributed by atoms with E-state index in [0.29, 0.717) is 6.61 Å². The molecule has 1 aliphatic rings. The zero-order valence-electron chi connectivity index (χ0n) is 10.1. The van der Waals surface area contributed by atoms with Crippen LogP contribution in [0.15, 0.2) is 0 Å². The van der Waals surface area contributed by atoms with Crippen LogP contribution < -0.4 is 10.6 Å². The van der Waals surface area contributed by atoms with E-state index in [1.807, 2.05) is 0 Å². The first-order valence-corrected chi connectivity index (χ1v) is 5.76. The summed E-state index contributed by atoms with van der Waals surface area (Å²) in [5.74, 6) is -0.00241. The molecule has 0 saturated carbocycles. The Morgan fingerprint density at radius 2 is 2.19 bits per heavy atom. The minimum atomic E-state index is -0.427. The molecule has 94 valence electrons. The summed E-state index contributed by atoms with van der Waals surface area (Å²) in [4.78, 5) is 12.1. The van der Waals surface area contributed by atoms with Crippen LogP contribution in [0.1, 0.15) is 19.8 Å². The van der Waals surface area contributed by atoms with Gasteiger partial charge in [-0.05, 0) is 32.9 Å². The fourth-order valence-electron chi connectivity index (χ4n) is 2.04. The lowest BCUT2D eigenvalue weighted by atomic mass is 9.78. The van der Waals surface area contributed by atoms with Crippen LogP contribution in [0.25, 0.3) is 0 Å². The molecule has 5 nitrogen and oxygen atoms in total.